The molecule has 1 N–H and O–H groups in total. The van der Waals surface area contributed by atoms with Gasteiger partial charge in [-0.05, 0) is 24.5 Å². The van der Waals surface area contributed by atoms with Crippen LogP contribution in [0, 0.1) is 10.1 Å². The van der Waals surface area contributed by atoms with Crippen LogP contribution in [0.15, 0.2) is 48.5 Å². The van der Waals surface area contributed by atoms with Gasteiger partial charge >= 0.3 is 0 Å². The van der Waals surface area contributed by atoms with Crippen molar-refractivity contribution in [3.8, 4) is 0 Å². The molecule has 0 aliphatic heterocycles. The summed E-state index contributed by atoms with van der Waals surface area (Å²) in [6.45, 7) is 4.54. The van der Waals surface area contributed by atoms with Crippen LogP contribution < -0.4 is 5.32 Å². The molecule has 0 spiro atoms. The maximum atomic E-state index is 13.3. The van der Waals surface area contributed by atoms with Crippen molar-refractivity contribution in [1.29, 1.82) is 0 Å². The molecular formula is C23H28ClN3O4. The number of hydrogen-bond donors (Lipinski definition) is 1. The Balaban J connectivity index is 2.34. The molecule has 0 fully saturated rings. The second kappa shape index (κ2) is 12.1. The molecule has 0 aliphatic rings. The third-order valence-corrected chi connectivity index (χ3v) is 5.41. The summed E-state index contributed by atoms with van der Waals surface area (Å²) >= 11 is 6.30. The Morgan fingerprint density at radius 3 is 2.35 bits per heavy atom. The average molecular weight is 446 g/mol. The maximum absolute atomic E-state index is 13.3. The quantitative estimate of drug-likeness (QED) is 0.313. The van der Waals surface area contributed by atoms with Gasteiger partial charge in [0.25, 0.3) is 5.69 Å². The Morgan fingerprint density at radius 2 is 1.74 bits per heavy atom. The molecule has 0 saturated heterocycles. The number of halogens is 1. The van der Waals surface area contributed by atoms with Crippen LogP contribution in [0.4, 0.5) is 5.69 Å². The minimum absolute atomic E-state index is 0.117. The number of nitro benzene ring substituents is 1. The summed E-state index contributed by atoms with van der Waals surface area (Å²) in [6.07, 6.45) is 2.01. The second-order valence-electron chi connectivity index (χ2n) is 7.24. The summed E-state index contributed by atoms with van der Waals surface area (Å²) in [5.41, 5.74) is 0.900. The topological polar surface area (TPSA) is 92.6 Å². The summed E-state index contributed by atoms with van der Waals surface area (Å²) < 4.78 is 0. The summed E-state index contributed by atoms with van der Waals surface area (Å²) in [7, 11) is 0. The summed E-state index contributed by atoms with van der Waals surface area (Å²) in [4.78, 5) is 38.5. The van der Waals surface area contributed by atoms with Crippen molar-refractivity contribution in [2.45, 2.75) is 52.1 Å². The maximum Gasteiger partial charge on any atom is 0.273 e. The van der Waals surface area contributed by atoms with Gasteiger partial charge in [-0.1, -0.05) is 68.3 Å². The highest BCUT2D eigenvalue weighted by atomic mass is 35.5. The van der Waals surface area contributed by atoms with E-state index in [1.807, 2.05) is 19.9 Å². The molecular weight excluding hydrogens is 418 g/mol. The monoisotopic (exact) mass is 445 g/mol. The van der Waals surface area contributed by atoms with Crippen molar-refractivity contribution in [3.63, 3.8) is 0 Å². The molecule has 2 aromatic rings. The molecule has 2 aromatic carbocycles. The Morgan fingerprint density at radius 1 is 1.10 bits per heavy atom. The van der Waals surface area contributed by atoms with E-state index in [1.165, 1.54) is 11.0 Å². The molecule has 0 saturated carbocycles. The number of carbonyl (C=O) groups is 2. The first kappa shape index (κ1) is 24.3. The molecule has 8 heteroatoms. The van der Waals surface area contributed by atoms with E-state index in [-0.39, 0.29) is 30.5 Å². The first-order valence-electron chi connectivity index (χ1n) is 10.4. The largest absolute Gasteiger partial charge is 0.354 e. The van der Waals surface area contributed by atoms with Crippen LogP contribution in [-0.2, 0) is 22.6 Å². The van der Waals surface area contributed by atoms with E-state index in [1.54, 1.807) is 36.4 Å². The van der Waals surface area contributed by atoms with Gasteiger partial charge in [-0.25, -0.2) is 0 Å². The fourth-order valence-electron chi connectivity index (χ4n) is 3.34. The van der Waals surface area contributed by atoms with E-state index < -0.39 is 11.0 Å². The molecule has 0 heterocycles. The van der Waals surface area contributed by atoms with Crippen molar-refractivity contribution in [2.24, 2.45) is 0 Å². The van der Waals surface area contributed by atoms with Gasteiger partial charge in [0.2, 0.25) is 11.8 Å². The third kappa shape index (κ3) is 6.79. The van der Waals surface area contributed by atoms with Gasteiger partial charge in [0, 0.05) is 29.7 Å². The molecule has 0 aliphatic carbocycles. The van der Waals surface area contributed by atoms with Crippen molar-refractivity contribution in [1.82, 2.24) is 10.2 Å². The molecule has 0 aromatic heterocycles. The number of nitro groups is 1. The zero-order chi connectivity index (χ0) is 22.8. The van der Waals surface area contributed by atoms with Crippen LogP contribution >= 0.6 is 11.6 Å². The molecule has 2 rings (SSSR count). The van der Waals surface area contributed by atoms with Crippen molar-refractivity contribution in [2.75, 3.05) is 6.54 Å². The van der Waals surface area contributed by atoms with Crippen LogP contribution in [0.3, 0.4) is 0 Å². The van der Waals surface area contributed by atoms with Crippen molar-refractivity contribution >= 4 is 29.1 Å². The van der Waals surface area contributed by atoms with Crippen LogP contribution in [0.5, 0.6) is 0 Å². The van der Waals surface area contributed by atoms with Crippen LogP contribution in [0.2, 0.25) is 5.02 Å². The first-order chi connectivity index (χ1) is 14.9. The summed E-state index contributed by atoms with van der Waals surface area (Å²) in [5, 5.41) is 14.7. The first-order valence-corrected chi connectivity index (χ1v) is 10.8. The van der Waals surface area contributed by atoms with E-state index in [9.17, 15) is 19.7 Å². The lowest BCUT2D eigenvalue weighted by atomic mass is 10.1. The average Bonchev–Trinajstić information content (AvgIpc) is 2.75. The SMILES string of the molecule is CCCCNC(=O)C(CC)N(Cc1ccccc1Cl)C(=O)Cc1ccccc1[N+](=O)[O-]. The van der Waals surface area contributed by atoms with E-state index >= 15 is 0 Å². The Hall–Kier alpha value is -2.93. The molecule has 7 nitrogen and oxygen atoms in total. The van der Waals surface area contributed by atoms with Gasteiger partial charge in [0.05, 0.1) is 11.3 Å². The fourth-order valence-corrected chi connectivity index (χ4v) is 3.53. The Bertz CT molecular complexity index is 919. The van der Waals surface area contributed by atoms with Gasteiger partial charge < -0.3 is 10.2 Å². The molecule has 1 unspecified atom stereocenters. The molecule has 31 heavy (non-hydrogen) atoms. The highest BCUT2D eigenvalue weighted by Crippen LogP contribution is 2.23. The molecule has 166 valence electrons. The van der Waals surface area contributed by atoms with Gasteiger partial charge in [-0.3, -0.25) is 19.7 Å². The Kier molecular flexibility index (Phi) is 9.46. The standard InChI is InChI=1S/C23H28ClN3O4/c1-3-5-14-25-23(29)20(4-2)26(16-18-11-6-8-12-19(18)24)22(28)15-17-10-7-9-13-21(17)27(30)31/h6-13,20H,3-5,14-16H2,1-2H3,(H,25,29). The van der Waals surface area contributed by atoms with Crippen LogP contribution in [-0.4, -0.2) is 34.2 Å². The minimum atomic E-state index is -0.705. The highest BCUT2D eigenvalue weighted by molar-refractivity contribution is 6.31. The normalized spacial score (nSPS) is 11.6. The van der Waals surface area contributed by atoms with Crippen molar-refractivity contribution in [3.05, 3.63) is 74.8 Å². The van der Waals surface area contributed by atoms with Crippen molar-refractivity contribution < 1.29 is 14.5 Å². The zero-order valence-corrected chi connectivity index (χ0v) is 18.6. The fraction of sp³-hybridized carbons (Fsp3) is 0.391. The molecule has 0 bridgehead atoms. The predicted molar refractivity (Wildman–Crippen MR) is 121 cm³/mol. The van der Waals surface area contributed by atoms with Crippen LogP contribution in [0.1, 0.15) is 44.2 Å². The predicted octanol–water partition coefficient (Wildman–Crippen LogP) is 4.51. The van der Waals surface area contributed by atoms with Gasteiger partial charge in [-0.15, -0.1) is 0 Å². The molecule has 0 radical (unpaired) electrons. The van der Waals surface area contributed by atoms with Gasteiger partial charge in [-0.2, -0.15) is 0 Å². The second-order valence-corrected chi connectivity index (χ2v) is 7.65. The number of benzene rings is 2. The van der Waals surface area contributed by atoms with E-state index in [4.69, 9.17) is 11.6 Å². The number of carbonyl (C=O) groups excluding carboxylic acids is 2. The van der Waals surface area contributed by atoms with E-state index in [2.05, 4.69) is 5.32 Å². The highest BCUT2D eigenvalue weighted by Gasteiger charge is 2.30. The minimum Gasteiger partial charge on any atom is -0.354 e. The number of amides is 2. The number of nitrogens with zero attached hydrogens (tertiary/aromatic N) is 2. The number of para-hydroxylation sites is 1. The Labute approximate surface area is 187 Å². The lowest BCUT2D eigenvalue weighted by Gasteiger charge is -2.31. The lowest BCUT2D eigenvalue weighted by molar-refractivity contribution is -0.385. The number of nitrogens with one attached hydrogen (secondary N) is 1. The number of unbranched alkanes of at least 4 members (excludes halogenated alkanes) is 1. The summed E-state index contributed by atoms with van der Waals surface area (Å²) in [6, 6.07) is 12.6. The van der Waals surface area contributed by atoms with E-state index in [0.29, 0.717) is 29.1 Å². The number of rotatable bonds is 11. The summed E-state index contributed by atoms with van der Waals surface area (Å²) in [5.74, 6) is -0.606. The van der Waals surface area contributed by atoms with E-state index in [0.717, 1.165) is 12.8 Å². The zero-order valence-electron chi connectivity index (χ0n) is 17.8. The molecule has 2 amide bonds. The van der Waals surface area contributed by atoms with Gasteiger partial charge in [0.15, 0.2) is 0 Å². The molecule has 1 atom stereocenters. The lowest BCUT2D eigenvalue weighted by Crippen LogP contribution is -2.49. The van der Waals surface area contributed by atoms with Gasteiger partial charge in [0.1, 0.15) is 6.04 Å². The number of hydrogen-bond acceptors (Lipinski definition) is 4. The van der Waals surface area contributed by atoms with Crippen LogP contribution in [0.25, 0.3) is 0 Å². The third-order valence-electron chi connectivity index (χ3n) is 5.04. The smallest absolute Gasteiger partial charge is 0.273 e.